The van der Waals surface area contributed by atoms with Gasteiger partial charge in [-0.15, -0.1) is 0 Å². The predicted molar refractivity (Wildman–Crippen MR) is 189 cm³/mol. The van der Waals surface area contributed by atoms with Gasteiger partial charge in [-0.1, -0.05) is 104 Å². The van der Waals surface area contributed by atoms with E-state index in [1.54, 1.807) is 13.0 Å². The Morgan fingerprint density at radius 2 is 1.91 bits per heavy atom. The van der Waals surface area contributed by atoms with Crippen LogP contribution < -0.4 is 5.32 Å². The zero-order valence-corrected chi connectivity index (χ0v) is 29.6. The molecule has 1 aliphatic carbocycles. The summed E-state index contributed by atoms with van der Waals surface area (Å²) in [6, 6.07) is 8.01. The van der Waals surface area contributed by atoms with Gasteiger partial charge in [-0.3, -0.25) is 0 Å². The number of allylic oxidation sites excluding steroid dienone is 6. The van der Waals surface area contributed by atoms with E-state index in [0.717, 1.165) is 31.2 Å². The van der Waals surface area contributed by atoms with Gasteiger partial charge >= 0.3 is 12.1 Å². The second-order valence-corrected chi connectivity index (χ2v) is 13.7. The van der Waals surface area contributed by atoms with Crippen molar-refractivity contribution in [2.45, 2.75) is 85.3 Å². The average Bonchev–Trinajstić information content (AvgIpc) is 3.26. The number of benzene rings is 1. The third kappa shape index (κ3) is 11.3. The van der Waals surface area contributed by atoms with Crippen LogP contribution in [0.25, 0.3) is 0 Å². The molecule has 0 aromatic heterocycles. The van der Waals surface area contributed by atoms with Crippen molar-refractivity contribution in [1.82, 2.24) is 5.32 Å². The molecule has 242 valence electrons. The largest absolute Gasteiger partial charge is 0.466 e. The second-order valence-electron chi connectivity index (χ2n) is 11.7. The van der Waals surface area contributed by atoms with E-state index >= 15 is 0 Å². The SMILES string of the molecule is C=C(C=N/C(C#CCCC1(CCC)Cc2ccccc2[C@H]1NC(=O)OC(C)(C)C)=C(\C)C(=O)OC)SC(/C=C\C)=C(\Cl)C(=C)Cl. The van der Waals surface area contributed by atoms with E-state index in [9.17, 15) is 9.59 Å². The van der Waals surface area contributed by atoms with Crippen molar-refractivity contribution in [2.24, 2.45) is 10.4 Å². The molecule has 1 aromatic carbocycles. The van der Waals surface area contributed by atoms with Crippen molar-refractivity contribution in [3.05, 3.63) is 91.8 Å². The van der Waals surface area contributed by atoms with E-state index in [1.807, 2.05) is 45.9 Å². The maximum absolute atomic E-state index is 12.9. The second kappa shape index (κ2) is 17.5. The van der Waals surface area contributed by atoms with E-state index < -0.39 is 17.7 Å². The van der Waals surface area contributed by atoms with Crippen LogP contribution in [0.1, 0.15) is 84.4 Å². The van der Waals surface area contributed by atoms with Gasteiger partial charge in [0.2, 0.25) is 0 Å². The summed E-state index contributed by atoms with van der Waals surface area (Å²) in [5.74, 6) is 5.79. The molecular weight excluding hydrogens is 627 g/mol. The first kappa shape index (κ1) is 38.0. The highest BCUT2D eigenvalue weighted by molar-refractivity contribution is 8.07. The fourth-order valence-electron chi connectivity index (χ4n) is 5.20. The maximum Gasteiger partial charge on any atom is 0.408 e. The number of halogens is 2. The fraction of sp³-hybridized carbons (Fsp3) is 0.417. The molecule has 0 aliphatic heterocycles. The number of carbonyl (C=O) groups excluding carboxylic acids is 2. The van der Waals surface area contributed by atoms with Gasteiger partial charge in [-0.05, 0) is 76.3 Å². The summed E-state index contributed by atoms with van der Waals surface area (Å²) in [6.07, 6.45) is 8.60. The standard InChI is InChI=1S/C36H44Cl2N2O4S/c1-10-16-30(31(38)26(5)37)45-24(3)23-39-29(25(4)33(41)43-9)19-14-15-21-36(20-11-2)22-27-17-12-13-18-28(27)32(36)40-34(42)44-35(6,7)8/h10,12-13,16-18,23,32H,3,5,11,15,20-22H2,1-2,4,6-9H3,(H,40,42)/b16-10-,29-25+,31-30-,39-23?/t32-,36?/m1/s1. The van der Waals surface area contributed by atoms with Crippen LogP contribution in [0.4, 0.5) is 4.79 Å². The summed E-state index contributed by atoms with van der Waals surface area (Å²) in [5.41, 5.74) is 2.01. The van der Waals surface area contributed by atoms with Crippen molar-refractivity contribution in [2.75, 3.05) is 7.11 Å². The third-order valence-corrected chi connectivity index (χ3v) is 8.84. The Morgan fingerprint density at radius 1 is 1.22 bits per heavy atom. The minimum atomic E-state index is -0.610. The van der Waals surface area contributed by atoms with Gasteiger partial charge in [0, 0.05) is 22.4 Å². The number of fused-ring (bicyclic) bond motifs is 1. The van der Waals surface area contributed by atoms with Crippen LogP contribution in [0.3, 0.4) is 0 Å². The van der Waals surface area contributed by atoms with E-state index in [0.29, 0.717) is 21.3 Å². The molecule has 1 unspecified atom stereocenters. The van der Waals surface area contributed by atoms with Crippen LogP contribution in [-0.4, -0.2) is 31.0 Å². The van der Waals surface area contributed by atoms with Gasteiger partial charge < -0.3 is 14.8 Å². The number of methoxy groups -OCH3 is 1. The first-order valence-electron chi connectivity index (χ1n) is 14.8. The number of hydrogen-bond acceptors (Lipinski definition) is 6. The first-order chi connectivity index (χ1) is 21.2. The number of amides is 1. The highest BCUT2D eigenvalue weighted by Crippen LogP contribution is 2.51. The van der Waals surface area contributed by atoms with Crippen molar-refractivity contribution < 1.29 is 19.1 Å². The normalized spacial score (nSPS) is 18.8. The first-order valence-corrected chi connectivity index (χ1v) is 16.4. The molecule has 0 radical (unpaired) electrons. The Labute approximate surface area is 283 Å². The number of thioether (sulfide) groups is 1. The smallest absolute Gasteiger partial charge is 0.408 e. The van der Waals surface area contributed by atoms with Crippen molar-refractivity contribution >= 4 is 53.2 Å². The van der Waals surface area contributed by atoms with Crippen LogP contribution in [0, 0.1) is 17.3 Å². The lowest BCUT2D eigenvalue weighted by molar-refractivity contribution is -0.136. The molecule has 0 saturated heterocycles. The number of aliphatic imine (C=N–C) groups is 1. The molecule has 6 nitrogen and oxygen atoms in total. The Morgan fingerprint density at radius 3 is 2.51 bits per heavy atom. The Kier molecular flexibility index (Phi) is 14.8. The molecule has 2 rings (SSSR count). The number of hydrogen-bond donors (Lipinski definition) is 1. The minimum Gasteiger partial charge on any atom is -0.466 e. The summed E-state index contributed by atoms with van der Waals surface area (Å²) in [7, 11) is 1.31. The molecular formula is C36H44Cl2N2O4S. The van der Waals surface area contributed by atoms with Gasteiger partial charge in [-0.2, -0.15) is 0 Å². The van der Waals surface area contributed by atoms with Crippen molar-refractivity contribution in [3.8, 4) is 11.8 Å². The van der Waals surface area contributed by atoms with E-state index in [4.69, 9.17) is 32.7 Å². The Bertz CT molecular complexity index is 1470. The maximum atomic E-state index is 12.9. The quantitative estimate of drug-likeness (QED) is 0.0787. The van der Waals surface area contributed by atoms with Gasteiger partial charge in [0.25, 0.3) is 0 Å². The number of esters is 1. The van der Waals surface area contributed by atoms with E-state index in [-0.39, 0.29) is 27.8 Å². The molecule has 0 heterocycles. The number of rotatable bonds is 12. The number of alkyl carbamates (subject to hydrolysis) is 1. The summed E-state index contributed by atoms with van der Waals surface area (Å²) in [4.78, 5) is 31.1. The minimum absolute atomic E-state index is 0.213. The zero-order valence-electron chi connectivity index (χ0n) is 27.3. The summed E-state index contributed by atoms with van der Waals surface area (Å²) >= 11 is 13.6. The van der Waals surface area contributed by atoms with E-state index in [2.05, 4.69) is 54.4 Å². The molecule has 1 N–H and O–H groups in total. The van der Waals surface area contributed by atoms with Gasteiger partial charge in [0.1, 0.15) is 11.3 Å². The highest BCUT2D eigenvalue weighted by atomic mass is 35.5. The number of nitrogens with zero attached hydrogens (tertiary/aromatic N) is 1. The topological polar surface area (TPSA) is 77.0 Å². The van der Waals surface area contributed by atoms with Crippen molar-refractivity contribution in [3.63, 3.8) is 0 Å². The number of ether oxygens (including phenoxy) is 2. The molecule has 1 aliphatic rings. The molecule has 0 fully saturated rings. The predicted octanol–water partition coefficient (Wildman–Crippen LogP) is 9.92. The van der Waals surface area contributed by atoms with Crippen LogP contribution in [-0.2, 0) is 20.7 Å². The summed E-state index contributed by atoms with van der Waals surface area (Å²) < 4.78 is 10.6. The number of carbonyl (C=O) groups is 2. The fourth-order valence-corrected chi connectivity index (χ4v) is 6.35. The summed E-state index contributed by atoms with van der Waals surface area (Å²) in [6.45, 7) is 18.9. The van der Waals surface area contributed by atoms with E-state index in [1.165, 1.54) is 30.6 Å². The molecule has 0 saturated carbocycles. The van der Waals surface area contributed by atoms with Crippen molar-refractivity contribution in [1.29, 1.82) is 0 Å². The lowest BCUT2D eigenvalue weighted by atomic mass is 9.73. The lowest BCUT2D eigenvalue weighted by Gasteiger charge is -2.36. The molecule has 0 bridgehead atoms. The van der Waals surface area contributed by atoms with Crippen LogP contribution in [0.2, 0.25) is 0 Å². The van der Waals surface area contributed by atoms with Crippen LogP contribution in [0.15, 0.2) is 85.7 Å². The summed E-state index contributed by atoms with van der Waals surface area (Å²) in [5, 5.41) is 3.71. The molecule has 9 heteroatoms. The Hall–Kier alpha value is -3.18. The van der Waals surface area contributed by atoms with Gasteiger partial charge in [-0.25, -0.2) is 14.6 Å². The molecule has 2 atom stereocenters. The molecule has 1 amide bonds. The lowest BCUT2D eigenvalue weighted by Crippen LogP contribution is -2.41. The Balaban J connectivity index is 2.37. The molecule has 0 spiro atoms. The van der Waals surface area contributed by atoms with Gasteiger partial charge in [0.15, 0.2) is 0 Å². The zero-order chi connectivity index (χ0) is 33.8. The van der Waals surface area contributed by atoms with Crippen LogP contribution >= 0.6 is 35.0 Å². The average molecular weight is 672 g/mol. The monoisotopic (exact) mass is 670 g/mol. The van der Waals surface area contributed by atoms with Crippen LogP contribution in [0.5, 0.6) is 0 Å². The third-order valence-electron chi connectivity index (χ3n) is 7.08. The van der Waals surface area contributed by atoms with Gasteiger partial charge in [0.05, 0.1) is 28.8 Å². The molecule has 1 aromatic rings. The number of nitrogens with one attached hydrogen (secondary N) is 1. The highest BCUT2D eigenvalue weighted by Gasteiger charge is 2.46. The molecule has 45 heavy (non-hydrogen) atoms.